The number of amides is 1. The van der Waals surface area contributed by atoms with Crippen LogP contribution in [-0.2, 0) is 16.6 Å². The SMILES string of the molecule is CN(C)CCCN(C(=O)c1ccc(S(=O)(=O)N(C)Cc2ccccc2)cc1)c1nc2c(F)cccc2s1.Cl. The summed E-state index contributed by atoms with van der Waals surface area (Å²) in [6, 6.07) is 20.0. The highest BCUT2D eigenvalue weighted by molar-refractivity contribution is 7.89. The van der Waals surface area contributed by atoms with Gasteiger partial charge in [0, 0.05) is 25.7 Å². The van der Waals surface area contributed by atoms with E-state index in [-0.39, 0.29) is 35.3 Å². The Morgan fingerprint density at radius 1 is 0.921 bits per heavy atom. The van der Waals surface area contributed by atoms with Crippen LogP contribution in [0.4, 0.5) is 9.52 Å². The van der Waals surface area contributed by atoms with E-state index in [1.54, 1.807) is 17.0 Å². The van der Waals surface area contributed by atoms with Gasteiger partial charge in [0.25, 0.3) is 5.91 Å². The van der Waals surface area contributed by atoms with Crippen molar-refractivity contribution in [2.24, 2.45) is 0 Å². The highest BCUT2D eigenvalue weighted by Gasteiger charge is 2.24. The van der Waals surface area contributed by atoms with E-state index >= 15 is 0 Å². The third-order valence-corrected chi connectivity index (χ3v) is 8.74. The third kappa shape index (κ3) is 6.75. The average molecular weight is 577 g/mol. The van der Waals surface area contributed by atoms with Gasteiger partial charge in [-0.05, 0) is 69.0 Å². The molecule has 4 aromatic rings. The minimum atomic E-state index is -3.75. The number of benzene rings is 3. The van der Waals surface area contributed by atoms with Gasteiger partial charge < -0.3 is 4.90 Å². The first-order valence-corrected chi connectivity index (χ1v) is 14.0. The van der Waals surface area contributed by atoms with Crippen molar-refractivity contribution in [2.75, 3.05) is 39.1 Å². The summed E-state index contributed by atoms with van der Waals surface area (Å²) in [4.78, 5) is 21.6. The van der Waals surface area contributed by atoms with Crippen molar-refractivity contribution >= 4 is 55.0 Å². The van der Waals surface area contributed by atoms with Crippen LogP contribution < -0.4 is 4.90 Å². The number of halogens is 2. The number of rotatable bonds is 10. The fraction of sp³-hybridized carbons (Fsp3) is 0.259. The molecule has 0 aliphatic carbocycles. The van der Waals surface area contributed by atoms with Crippen molar-refractivity contribution in [3.63, 3.8) is 0 Å². The van der Waals surface area contributed by atoms with Gasteiger partial charge in [-0.15, -0.1) is 12.4 Å². The molecule has 0 saturated carbocycles. The molecule has 0 atom stereocenters. The Morgan fingerprint density at radius 2 is 1.61 bits per heavy atom. The second kappa shape index (κ2) is 12.8. The summed E-state index contributed by atoms with van der Waals surface area (Å²) in [6.45, 7) is 1.38. The number of aromatic nitrogens is 1. The molecule has 0 saturated heterocycles. The Bertz CT molecular complexity index is 1480. The number of carbonyl (C=O) groups excluding carboxylic acids is 1. The number of hydrogen-bond acceptors (Lipinski definition) is 6. The molecule has 0 unspecified atom stereocenters. The largest absolute Gasteiger partial charge is 0.309 e. The second-order valence-electron chi connectivity index (χ2n) is 8.97. The highest BCUT2D eigenvalue weighted by atomic mass is 35.5. The molecule has 0 radical (unpaired) electrons. The fourth-order valence-electron chi connectivity index (χ4n) is 3.88. The first-order chi connectivity index (χ1) is 17.7. The molecule has 1 heterocycles. The van der Waals surface area contributed by atoms with Gasteiger partial charge in [-0.25, -0.2) is 17.8 Å². The number of thiazole rings is 1. The molecule has 0 fully saturated rings. The van der Waals surface area contributed by atoms with Crippen molar-refractivity contribution in [2.45, 2.75) is 17.9 Å². The molecule has 0 bridgehead atoms. The predicted molar refractivity (Wildman–Crippen MR) is 153 cm³/mol. The van der Waals surface area contributed by atoms with Gasteiger partial charge in [-0.2, -0.15) is 4.31 Å². The third-order valence-electron chi connectivity index (χ3n) is 5.88. The van der Waals surface area contributed by atoms with Crippen LogP contribution in [0.1, 0.15) is 22.3 Å². The second-order valence-corrected chi connectivity index (χ2v) is 12.0. The van der Waals surface area contributed by atoms with Crippen LogP contribution >= 0.6 is 23.7 Å². The Morgan fingerprint density at radius 3 is 2.24 bits per heavy atom. The summed E-state index contributed by atoms with van der Waals surface area (Å²) in [7, 11) is 1.68. The highest BCUT2D eigenvalue weighted by Crippen LogP contribution is 2.31. The van der Waals surface area contributed by atoms with E-state index in [0.29, 0.717) is 28.4 Å². The van der Waals surface area contributed by atoms with Crippen molar-refractivity contribution in [3.05, 3.63) is 89.7 Å². The van der Waals surface area contributed by atoms with Crippen LogP contribution in [0.25, 0.3) is 10.2 Å². The molecule has 38 heavy (non-hydrogen) atoms. The molecule has 202 valence electrons. The average Bonchev–Trinajstić information content (AvgIpc) is 3.32. The van der Waals surface area contributed by atoms with Crippen LogP contribution in [0, 0.1) is 5.82 Å². The lowest BCUT2D eigenvalue weighted by molar-refractivity contribution is 0.0986. The molecule has 11 heteroatoms. The van der Waals surface area contributed by atoms with Crippen LogP contribution in [0.2, 0.25) is 0 Å². The van der Waals surface area contributed by atoms with Crippen LogP contribution in [0.5, 0.6) is 0 Å². The van der Waals surface area contributed by atoms with E-state index in [9.17, 15) is 17.6 Å². The van der Waals surface area contributed by atoms with Crippen molar-refractivity contribution in [1.29, 1.82) is 0 Å². The zero-order valence-corrected chi connectivity index (χ0v) is 23.8. The summed E-state index contributed by atoms with van der Waals surface area (Å²) >= 11 is 1.25. The molecule has 3 aromatic carbocycles. The normalized spacial score (nSPS) is 11.6. The number of sulfonamides is 1. The maximum Gasteiger partial charge on any atom is 0.260 e. The molecular weight excluding hydrogens is 547 g/mol. The molecule has 1 aromatic heterocycles. The lowest BCUT2D eigenvalue weighted by atomic mass is 10.2. The van der Waals surface area contributed by atoms with Crippen LogP contribution in [0.3, 0.4) is 0 Å². The summed E-state index contributed by atoms with van der Waals surface area (Å²) in [5.41, 5.74) is 1.44. The van der Waals surface area contributed by atoms with Crippen molar-refractivity contribution in [1.82, 2.24) is 14.2 Å². The van der Waals surface area contributed by atoms with E-state index in [2.05, 4.69) is 4.98 Å². The maximum absolute atomic E-state index is 14.3. The summed E-state index contributed by atoms with van der Waals surface area (Å²) in [5.74, 6) is -0.755. The number of carbonyl (C=O) groups is 1. The Hall–Kier alpha value is -2.89. The Labute approximate surface area is 233 Å². The van der Waals surface area contributed by atoms with Gasteiger partial charge in [0.1, 0.15) is 11.3 Å². The number of fused-ring (bicyclic) bond motifs is 1. The minimum Gasteiger partial charge on any atom is -0.309 e. The standard InChI is InChI=1S/C27H29FN4O3S2.ClH/c1-30(2)17-8-18-32(27-29-25-23(28)11-7-12-24(25)36-27)26(33)21-13-15-22(16-14-21)37(34,35)31(3)19-20-9-5-4-6-10-20;/h4-7,9-16H,8,17-19H2,1-3H3;1H. The Kier molecular flexibility index (Phi) is 9.97. The molecule has 0 aliphatic rings. The van der Waals surface area contributed by atoms with E-state index in [1.165, 1.54) is 53.0 Å². The van der Waals surface area contributed by atoms with Gasteiger partial charge in [0.2, 0.25) is 10.0 Å². The Balaban J connectivity index is 0.00000400. The molecule has 1 amide bonds. The first kappa shape index (κ1) is 29.7. The quantitative estimate of drug-likeness (QED) is 0.257. The lowest BCUT2D eigenvalue weighted by Crippen LogP contribution is -2.33. The van der Waals surface area contributed by atoms with E-state index in [0.717, 1.165) is 12.1 Å². The van der Waals surface area contributed by atoms with Gasteiger partial charge in [0.15, 0.2) is 5.13 Å². The predicted octanol–water partition coefficient (Wildman–Crippen LogP) is 5.28. The maximum atomic E-state index is 14.3. The topological polar surface area (TPSA) is 73.8 Å². The van der Waals surface area contributed by atoms with Crippen LogP contribution in [-0.4, -0.2) is 62.7 Å². The van der Waals surface area contributed by atoms with Crippen LogP contribution in [0.15, 0.2) is 77.7 Å². The molecule has 0 aliphatic heterocycles. The van der Waals surface area contributed by atoms with Gasteiger partial charge in [0.05, 0.1) is 9.60 Å². The lowest BCUT2D eigenvalue weighted by Gasteiger charge is -2.21. The van der Waals surface area contributed by atoms with E-state index < -0.39 is 15.8 Å². The van der Waals surface area contributed by atoms with E-state index in [4.69, 9.17) is 0 Å². The van der Waals surface area contributed by atoms with Gasteiger partial charge in [-0.3, -0.25) is 9.69 Å². The number of para-hydroxylation sites is 1. The molecule has 7 nitrogen and oxygen atoms in total. The number of nitrogens with zero attached hydrogens (tertiary/aromatic N) is 4. The fourth-order valence-corrected chi connectivity index (χ4v) is 6.04. The molecule has 0 N–H and O–H groups in total. The summed E-state index contributed by atoms with van der Waals surface area (Å²) in [6.07, 6.45) is 0.688. The summed E-state index contributed by atoms with van der Waals surface area (Å²) in [5, 5.41) is 0.406. The van der Waals surface area contributed by atoms with Crippen molar-refractivity contribution < 1.29 is 17.6 Å². The monoisotopic (exact) mass is 576 g/mol. The molecule has 4 rings (SSSR count). The molecular formula is C27H30ClFN4O3S2. The minimum absolute atomic E-state index is 0. The van der Waals surface area contributed by atoms with E-state index in [1.807, 2.05) is 49.3 Å². The number of hydrogen-bond donors (Lipinski definition) is 0. The zero-order chi connectivity index (χ0) is 26.6. The van der Waals surface area contributed by atoms with Gasteiger partial charge in [-0.1, -0.05) is 47.7 Å². The molecule has 0 spiro atoms. The summed E-state index contributed by atoms with van der Waals surface area (Å²) < 4.78 is 42.4. The van der Waals surface area contributed by atoms with Gasteiger partial charge >= 0.3 is 0 Å². The van der Waals surface area contributed by atoms with Crippen molar-refractivity contribution in [3.8, 4) is 0 Å². The first-order valence-electron chi connectivity index (χ1n) is 11.8. The number of anilines is 1. The zero-order valence-electron chi connectivity index (χ0n) is 21.4. The smallest absolute Gasteiger partial charge is 0.260 e.